The van der Waals surface area contributed by atoms with Gasteiger partial charge in [-0.15, -0.1) is 23.5 Å². The lowest BCUT2D eigenvalue weighted by Crippen LogP contribution is -2.77. The van der Waals surface area contributed by atoms with E-state index in [1.807, 2.05) is 68.1 Å². The van der Waals surface area contributed by atoms with Crippen molar-refractivity contribution in [2.45, 2.75) is 78.0 Å². The van der Waals surface area contributed by atoms with E-state index in [2.05, 4.69) is 52.4 Å². The highest BCUT2D eigenvalue weighted by Crippen LogP contribution is 2.70. The molecule has 3 unspecified atom stereocenters. The van der Waals surface area contributed by atoms with E-state index in [4.69, 9.17) is 0 Å². The van der Waals surface area contributed by atoms with Crippen molar-refractivity contribution in [3.8, 4) is 0 Å². The number of rotatable bonds is 6. The quantitative estimate of drug-likeness (QED) is 0.0727. The van der Waals surface area contributed by atoms with Crippen LogP contribution in [0.1, 0.15) is 72.2 Å². The molecule has 0 spiro atoms. The van der Waals surface area contributed by atoms with Gasteiger partial charge in [0.1, 0.15) is 17.6 Å². The van der Waals surface area contributed by atoms with Crippen LogP contribution in [0.15, 0.2) is 141 Å². The molecule has 10 nitrogen and oxygen atoms in total. The number of anilines is 1. The van der Waals surface area contributed by atoms with Gasteiger partial charge in [0, 0.05) is 38.0 Å². The van der Waals surface area contributed by atoms with Gasteiger partial charge in [0.25, 0.3) is 0 Å². The second kappa shape index (κ2) is 18.1. The predicted octanol–water partition coefficient (Wildman–Crippen LogP) is 10.3. The van der Waals surface area contributed by atoms with E-state index in [-0.39, 0.29) is 56.5 Å². The summed E-state index contributed by atoms with van der Waals surface area (Å²) in [5, 5.41) is 17.0. The summed E-state index contributed by atoms with van der Waals surface area (Å²) >= 11 is 6.45. The van der Waals surface area contributed by atoms with Gasteiger partial charge in [-0.25, -0.2) is 4.79 Å². The molecule has 65 heavy (non-hydrogen) atoms. The number of hydrogen-bond donors (Lipinski definition) is 2. The number of nitrogens with one attached hydrogen (secondary N) is 2. The maximum Gasteiger partial charge on any atom is 0.328 e. The number of amides is 3. The Morgan fingerprint density at radius 2 is 1.11 bits per heavy atom. The smallest absolute Gasteiger partial charge is 0.328 e. The third-order valence-electron chi connectivity index (χ3n) is 14.9. The van der Waals surface area contributed by atoms with Crippen LogP contribution in [0.25, 0.3) is 0 Å². The zero-order valence-electron chi connectivity index (χ0n) is 35.9. The molecule has 4 aromatic carbocycles. The van der Waals surface area contributed by atoms with Crippen molar-refractivity contribution in [2.75, 3.05) is 4.90 Å². The van der Waals surface area contributed by atoms with Crippen LogP contribution in [0.2, 0.25) is 0 Å². The van der Waals surface area contributed by atoms with Crippen LogP contribution >= 0.6 is 46.2 Å². The molecule has 13 rings (SSSR count). The standard InChI is InChI=1S/C24H20N2O3S2.C17H17NOS2.C8H7NO2.C2H6/c27-23-18-14-11-15(19(18)26(23,29)13-9-5-2-6-10-13)20-17(14)16(12-7-3-1-4-8-12)21-22(30-20)25-24(28)31-21;19-17-18-16-15(21-17)12(9-4-2-1-3-5-9)13-10-6-7-11(8-10)14(13)20-16;10-6-9(7-11)8-4-2-1-3-5-8;1-2/h1-10,14-20H,11H2,(H,25,28);1-5,10-14H,6-8H2,(H,18,19);1-7H;1-2H3/t14-,15-,16-,17-,18-,19?,20-,26?;10-,11?,12-,13-,14-;;/m01../s1. The number of thiazole rings is 2. The molecular formula is C51H50N4O6S4. The predicted molar refractivity (Wildman–Crippen MR) is 261 cm³/mol. The first kappa shape index (κ1) is 44.0. The highest BCUT2D eigenvalue weighted by atomic mass is 32.2. The molecule has 3 aliphatic heterocycles. The third-order valence-corrected chi connectivity index (χ3v) is 20.1. The molecule has 3 amide bonds. The van der Waals surface area contributed by atoms with Gasteiger partial charge in [0.2, 0.25) is 12.8 Å². The number of thioether (sulfide) groups is 2. The molecular weight excluding hydrogens is 893 g/mol. The van der Waals surface area contributed by atoms with Crippen LogP contribution < -0.4 is 19.3 Å². The van der Waals surface area contributed by atoms with E-state index in [1.54, 1.807) is 48.2 Å². The van der Waals surface area contributed by atoms with Crippen molar-refractivity contribution in [1.29, 1.82) is 0 Å². The molecule has 0 radical (unpaired) electrons. The van der Waals surface area contributed by atoms with Gasteiger partial charge >= 0.3 is 15.7 Å². The summed E-state index contributed by atoms with van der Waals surface area (Å²) in [6, 6.07) is 38.9. The maximum absolute atomic E-state index is 13.9. The topological polar surface area (TPSA) is 143 Å². The lowest BCUT2D eigenvalue weighted by Gasteiger charge is -2.61. The van der Waals surface area contributed by atoms with E-state index in [0.717, 1.165) is 44.0 Å². The number of carbonyl (C=O) groups excluding carboxylic acids is 3. The number of para-hydroxylation sites is 2. The summed E-state index contributed by atoms with van der Waals surface area (Å²) in [6.45, 7) is 4.00. The number of aromatic nitrogens is 2. The van der Waals surface area contributed by atoms with Crippen molar-refractivity contribution in [3.63, 3.8) is 0 Å². The number of benzene rings is 4. The summed E-state index contributed by atoms with van der Waals surface area (Å²) in [4.78, 5) is 67.5. The maximum atomic E-state index is 13.9. The van der Waals surface area contributed by atoms with Gasteiger partial charge in [-0.1, -0.05) is 134 Å². The molecule has 4 saturated carbocycles. The number of nitrogens with zero attached hydrogens (tertiary/aromatic N) is 2. The molecule has 6 aromatic rings. The Balaban J connectivity index is 0.000000126. The van der Waals surface area contributed by atoms with Crippen LogP contribution in [0.3, 0.4) is 0 Å². The molecule has 1 saturated heterocycles. The molecule has 2 aromatic heterocycles. The molecule has 7 aliphatic rings. The summed E-state index contributed by atoms with van der Waals surface area (Å²) < 4.78 is -0.806. The van der Waals surface area contributed by atoms with Gasteiger partial charge in [-0.05, 0) is 90.7 Å². The Bertz CT molecular complexity index is 2770. The Morgan fingerprint density at radius 1 is 0.615 bits per heavy atom. The van der Waals surface area contributed by atoms with Gasteiger partial charge in [-0.2, -0.15) is 0 Å². The van der Waals surface area contributed by atoms with Crippen LogP contribution in [0.4, 0.5) is 11.4 Å². The molecule has 4 bridgehead atoms. The van der Waals surface area contributed by atoms with Crippen molar-refractivity contribution in [3.05, 3.63) is 167 Å². The third kappa shape index (κ3) is 7.35. The average molecular weight is 943 g/mol. The summed E-state index contributed by atoms with van der Waals surface area (Å²) in [5.74, 6) is 3.35. The summed E-state index contributed by atoms with van der Waals surface area (Å²) in [6.07, 6.45) is 6.07. The molecule has 5 fully saturated rings. The number of hydrogen-bond acceptors (Lipinski definition) is 10. The van der Waals surface area contributed by atoms with Crippen molar-refractivity contribution < 1.29 is 14.4 Å². The van der Waals surface area contributed by atoms with E-state index < -0.39 is 4.65 Å². The SMILES string of the molecule is CC.O=C1[C@@H]2C([C@@H]3C[C@H]2[C@H]2[C@H](c4ccccc4)c4sc(=O)[nH]c4S[C@H]23)[N+]1([O-])c1ccccc1.O=CN(C=O)c1ccccc1.O=c1[nH]c2c(s1)[C@H](c1ccccc1)[C@H]1[C@@H]3CCC(C3)[C@H]1S2. The zero-order valence-corrected chi connectivity index (χ0v) is 39.2. The first-order valence-electron chi connectivity index (χ1n) is 22.6. The first-order valence-corrected chi connectivity index (χ1v) is 26.0. The molecule has 334 valence electrons. The highest BCUT2D eigenvalue weighted by molar-refractivity contribution is 8.00. The second-order valence-corrected chi connectivity index (χ2v) is 22.1. The fourth-order valence-electron chi connectivity index (χ4n) is 12.6. The monoisotopic (exact) mass is 942 g/mol. The molecule has 5 heterocycles. The van der Waals surface area contributed by atoms with Crippen molar-refractivity contribution in [1.82, 2.24) is 14.6 Å². The minimum absolute atomic E-state index is 0.0250. The van der Waals surface area contributed by atoms with Crippen molar-refractivity contribution >= 4 is 76.3 Å². The Morgan fingerprint density at radius 3 is 1.66 bits per heavy atom. The van der Waals surface area contributed by atoms with E-state index in [1.165, 1.54) is 57.9 Å². The first-order chi connectivity index (χ1) is 31.8. The Labute approximate surface area is 394 Å². The average Bonchev–Trinajstić information content (AvgIpc) is 4.23. The number of aromatic amines is 2. The zero-order chi connectivity index (χ0) is 45.0. The van der Waals surface area contributed by atoms with Gasteiger partial charge in [0.15, 0.2) is 0 Å². The van der Waals surface area contributed by atoms with E-state index in [9.17, 15) is 29.2 Å². The van der Waals surface area contributed by atoms with Crippen LogP contribution in [-0.4, -0.2) is 45.2 Å². The Kier molecular flexibility index (Phi) is 12.3. The molecule has 4 aliphatic carbocycles. The second-order valence-electron chi connectivity index (χ2n) is 17.7. The molecule has 14 heteroatoms. The number of fused-ring (bicyclic) bond motifs is 15. The highest BCUT2D eigenvalue weighted by Gasteiger charge is 2.77. The van der Waals surface area contributed by atoms with Crippen LogP contribution in [-0.2, 0) is 14.4 Å². The molecule has 13 atom stereocenters. The van der Waals surface area contributed by atoms with Gasteiger partial charge in [0.05, 0.1) is 15.7 Å². The Hall–Kier alpha value is -4.83. The lowest BCUT2D eigenvalue weighted by molar-refractivity contribution is -0.155. The fourth-order valence-corrected chi connectivity index (χ4v) is 18.4. The minimum atomic E-state index is -0.806. The minimum Gasteiger partial charge on any atom is -0.619 e. The summed E-state index contributed by atoms with van der Waals surface area (Å²) in [5.41, 5.74) is 3.74. The molecule has 2 N–H and O–H groups in total. The number of quaternary nitrogens is 1. The number of β-lactam (4-membered cyclic amide) rings is 1. The number of carbonyl (C=O) groups is 3. The van der Waals surface area contributed by atoms with E-state index in [0.29, 0.717) is 35.4 Å². The van der Waals surface area contributed by atoms with Gasteiger partial charge < -0.3 is 15.2 Å². The number of hydroxylamine groups is 2. The van der Waals surface area contributed by atoms with E-state index >= 15 is 0 Å². The normalized spacial score (nSPS) is 32.2. The van der Waals surface area contributed by atoms with Gasteiger partial charge in [-0.3, -0.25) is 28.7 Å². The summed E-state index contributed by atoms with van der Waals surface area (Å²) in [7, 11) is 0. The van der Waals surface area contributed by atoms with Crippen LogP contribution in [0.5, 0.6) is 0 Å². The fraction of sp³-hybridized carbons (Fsp3) is 0.353. The van der Waals surface area contributed by atoms with Crippen LogP contribution in [0, 0.1) is 46.6 Å². The lowest BCUT2D eigenvalue weighted by atomic mass is 9.65. The largest absolute Gasteiger partial charge is 0.619 e. The van der Waals surface area contributed by atoms with Crippen molar-refractivity contribution in [2.24, 2.45) is 41.4 Å². The number of H-pyrrole nitrogens is 2. The number of imide groups is 1.